The second-order valence-corrected chi connectivity index (χ2v) is 3.19. The molecule has 0 amide bonds. The topological polar surface area (TPSA) is 61.9 Å². The molecule has 0 aromatic carbocycles. The quantitative estimate of drug-likeness (QED) is 0.723. The van der Waals surface area contributed by atoms with Crippen LogP contribution in [0.5, 0.6) is 0 Å². The van der Waals surface area contributed by atoms with Crippen molar-refractivity contribution in [2.45, 2.75) is 33.2 Å². The summed E-state index contributed by atoms with van der Waals surface area (Å²) in [5, 5.41) is 11.5. The van der Waals surface area contributed by atoms with Crippen molar-refractivity contribution < 1.29 is 4.42 Å². The van der Waals surface area contributed by atoms with Gasteiger partial charge in [0.05, 0.1) is 18.3 Å². The van der Waals surface area contributed by atoms with Crippen LogP contribution in [0.4, 0.5) is 0 Å². The van der Waals surface area contributed by atoms with Gasteiger partial charge in [0.15, 0.2) is 0 Å². The minimum atomic E-state index is 0.594. The number of hydrogen-bond donors (Lipinski definition) is 1. The maximum Gasteiger partial charge on any atom is 0.208 e. The summed E-state index contributed by atoms with van der Waals surface area (Å²) in [6.07, 6.45) is 1.46. The van der Waals surface area contributed by atoms with E-state index in [-0.39, 0.29) is 0 Å². The lowest BCUT2D eigenvalue weighted by Gasteiger charge is -1.98. The fourth-order valence-corrected chi connectivity index (χ4v) is 1.10. The van der Waals surface area contributed by atoms with Crippen LogP contribution in [0.25, 0.3) is 0 Å². The Balaban J connectivity index is 2.22. The van der Waals surface area contributed by atoms with E-state index >= 15 is 0 Å². The Labute approximate surface area is 83.9 Å². The molecule has 0 bridgehead atoms. The first-order valence-electron chi connectivity index (χ1n) is 4.74. The summed E-state index contributed by atoms with van der Waals surface area (Å²) in [5.74, 6) is 1.59. The lowest BCUT2D eigenvalue weighted by Crippen LogP contribution is -2.14. The van der Waals surface area contributed by atoms with E-state index in [1.807, 2.05) is 13.8 Å². The summed E-state index contributed by atoms with van der Waals surface area (Å²) < 4.78 is 5.38. The zero-order valence-corrected chi connectivity index (χ0v) is 8.63. The Morgan fingerprint density at radius 3 is 2.86 bits per heavy atom. The third-order valence-corrected chi connectivity index (χ3v) is 1.99. The first kappa shape index (κ1) is 10.7. The molecule has 0 aliphatic carbocycles. The van der Waals surface area contributed by atoms with E-state index in [4.69, 9.17) is 9.68 Å². The molecule has 4 heteroatoms. The molecule has 14 heavy (non-hydrogen) atoms. The lowest BCUT2D eigenvalue weighted by molar-refractivity contribution is 0.448. The van der Waals surface area contributed by atoms with Gasteiger partial charge in [0.2, 0.25) is 5.89 Å². The molecular weight excluding hydrogens is 178 g/mol. The van der Waals surface area contributed by atoms with E-state index in [1.54, 1.807) is 0 Å². The van der Waals surface area contributed by atoms with Crippen molar-refractivity contribution >= 4 is 0 Å². The maximum absolute atomic E-state index is 8.31. The van der Waals surface area contributed by atoms with Crippen LogP contribution >= 0.6 is 0 Å². The van der Waals surface area contributed by atoms with Crippen LogP contribution < -0.4 is 5.32 Å². The second kappa shape index (κ2) is 5.40. The normalized spacial score (nSPS) is 10.1. The number of unbranched alkanes of at least 4 members (excludes halogenated alkanes) is 1. The molecule has 0 radical (unpaired) electrons. The van der Waals surface area contributed by atoms with Crippen LogP contribution in [-0.2, 0) is 6.54 Å². The van der Waals surface area contributed by atoms with Crippen LogP contribution in [-0.4, -0.2) is 11.5 Å². The molecule has 1 N–H and O–H groups in total. The molecule has 0 aliphatic rings. The Hall–Kier alpha value is -1.34. The van der Waals surface area contributed by atoms with Crippen molar-refractivity contribution in [1.82, 2.24) is 10.3 Å². The molecule has 1 rings (SSSR count). The molecule has 0 spiro atoms. The third-order valence-electron chi connectivity index (χ3n) is 1.99. The van der Waals surface area contributed by atoms with Gasteiger partial charge in [-0.1, -0.05) is 0 Å². The monoisotopic (exact) mass is 193 g/mol. The minimum Gasteiger partial charge on any atom is -0.444 e. The highest BCUT2D eigenvalue weighted by Crippen LogP contribution is 2.07. The third kappa shape index (κ3) is 3.19. The van der Waals surface area contributed by atoms with Crippen LogP contribution in [0.1, 0.15) is 30.2 Å². The Morgan fingerprint density at radius 1 is 1.50 bits per heavy atom. The molecule has 4 nitrogen and oxygen atoms in total. The van der Waals surface area contributed by atoms with Gasteiger partial charge in [-0.3, -0.25) is 0 Å². The van der Waals surface area contributed by atoms with Gasteiger partial charge in [-0.15, -0.1) is 0 Å². The van der Waals surface area contributed by atoms with Gasteiger partial charge in [0.25, 0.3) is 0 Å². The van der Waals surface area contributed by atoms with E-state index in [0.29, 0.717) is 13.0 Å². The predicted octanol–water partition coefficient (Wildman–Crippen LogP) is 1.68. The number of nitrogens with one attached hydrogen (secondary N) is 1. The van der Waals surface area contributed by atoms with Gasteiger partial charge in [-0.25, -0.2) is 4.98 Å². The molecule has 0 unspecified atom stereocenters. The molecule has 0 atom stereocenters. The number of rotatable bonds is 5. The zero-order chi connectivity index (χ0) is 10.4. The summed E-state index contributed by atoms with van der Waals surface area (Å²) in [4.78, 5) is 4.23. The summed E-state index contributed by atoms with van der Waals surface area (Å²) >= 11 is 0. The molecule has 1 aromatic rings. The number of aryl methyl sites for hydroxylation is 2. The Kier molecular flexibility index (Phi) is 4.14. The Bertz CT molecular complexity index is 305. The van der Waals surface area contributed by atoms with Gasteiger partial charge in [-0.2, -0.15) is 5.26 Å². The van der Waals surface area contributed by atoms with E-state index in [9.17, 15) is 0 Å². The fraction of sp³-hybridized carbons (Fsp3) is 0.600. The van der Waals surface area contributed by atoms with Gasteiger partial charge >= 0.3 is 0 Å². The van der Waals surface area contributed by atoms with E-state index in [2.05, 4.69) is 16.4 Å². The first-order valence-corrected chi connectivity index (χ1v) is 4.74. The molecule has 0 fully saturated rings. The average molecular weight is 193 g/mol. The zero-order valence-electron chi connectivity index (χ0n) is 8.63. The van der Waals surface area contributed by atoms with E-state index in [1.165, 1.54) is 0 Å². The molecule has 0 saturated heterocycles. The summed E-state index contributed by atoms with van der Waals surface area (Å²) in [6.45, 7) is 5.30. The van der Waals surface area contributed by atoms with Crippen molar-refractivity contribution in [3.63, 3.8) is 0 Å². The highest BCUT2D eigenvalue weighted by Gasteiger charge is 2.03. The number of nitriles is 1. The van der Waals surface area contributed by atoms with Gasteiger partial charge in [-0.05, 0) is 26.8 Å². The van der Waals surface area contributed by atoms with Gasteiger partial charge < -0.3 is 9.73 Å². The molecule has 1 aromatic heterocycles. The molecule has 0 saturated carbocycles. The van der Waals surface area contributed by atoms with Gasteiger partial charge in [0.1, 0.15) is 5.76 Å². The van der Waals surface area contributed by atoms with Crippen molar-refractivity contribution in [2.24, 2.45) is 0 Å². The SMILES string of the molecule is Cc1nc(CNCCCC#N)oc1C. The van der Waals surface area contributed by atoms with Crippen molar-refractivity contribution in [1.29, 1.82) is 5.26 Å². The number of hydrogen-bond acceptors (Lipinski definition) is 4. The summed E-state index contributed by atoms with van der Waals surface area (Å²) in [7, 11) is 0. The van der Waals surface area contributed by atoms with Crippen molar-refractivity contribution in [3.8, 4) is 6.07 Å². The van der Waals surface area contributed by atoms with Crippen LogP contribution in [0, 0.1) is 25.2 Å². The standard InChI is InChI=1S/C10H15N3O/c1-8-9(2)14-10(13-8)7-12-6-4-3-5-11/h12H,3-4,6-7H2,1-2H3. The highest BCUT2D eigenvalue weighted by molar-refractivity contribution is 5.04. The largest absolute Gasteiger partial charge is 0.444 e. The number of aromatic nitrogens is 1. The second-order valence-electron chi connectivity index (χ2n) is 3.19. The van der Waals surface area contributed by atoms with Crippen molar-refractivity contribution in [3.05, 3.63) is 17.3 Å². The fourth-order valence-electron chi connectivity index (χ4n) is 1.10. The smallest absolute Gasteiger partial charge is 0.208 e. The Morgan fingerprint density at radius 2 is 2.29 bits per heavy atom. The first-order chi connectivity index (χ1) is 6.74. The van der Waals surface area contributed by atoms with E-state index in [0.717, 1.165) is 30.3 Å². The van der Waals surface area contributed by atoms with E-state index < -0.39 is 0 Å². The number of nitrogens with zero attached hydrogens (tertiary/aromatic N) is 2. The molecule has 0 aliphatic heterocycles. The van der Waals surface area contributed by atoms with Gasteiger partial charge in [0, 0.05) is 6.42 Å². The molecule has 1 heterocycles. The summed E-state index contributed by atoms with van der Waals surface area (Å²) in [5.41, 5.74) is 0.943. The maximum atomic E-state index is 8.31. The predicted molar refractivity (Wildman–Crippen MR) is 52.5 cm³/mol. The highest BCUT2D eigenvalue weighted by atomic mass is 16.4. The van der Waals surface area contributed by atoms with Crippen LogP contribution in [0.15, 0.2) is 4.42 Å². The molecule has 76 valence electrons. The average Bonchev–Trinajstić information content (AvgIpc) is 2.46. The van der Waals surface area contributed by atoms with Crippen LogP contribution in [0.3, 0.4) is 0 Å². The van der Waals surface area contributed by atoms with Crippen molar-refractivity contribution in [2.75, 3.05) is 6.54 Å². The number of oxazole rings is 1. The molecular formula is C10H15N3O. The summed E-state index contributed by atoms with van der Waals surface area (Å²) in [6, 6.07) is 2.10. The van der Waals surface area contributed by atoms with Crippen LogP contribution in [0.2, 0.25) is 0 Å². The minimum absolute atomic E-state index is 0.594. The lowest BCUT2D eigenvalue weighted by atomic mass is 10.3.